The predicted molar refractivity (Wildman–Crippen MR) is 79.9 cm³/mol. The molecule has 0 atom stereocenters. The van der Waals surface area contributed by atoms with Crippen LogP contribution in [0.3, 0.4) is 0 Å². The molecule has 0 saturated carbocycles. The lowest BCUT2D eigenvalue weighted by Gasteiger charge is -2.18. The van der Waals surface area contributed by atoms with Crippen LogP contribution in [-0.2, 0) is 6.54 Å². The zero-order valence-electron chi connectivity index (χ0n) is 12.2. The quantitative estimate of drug-likeness (QED) is 0.784. The Hall–Kier alpha value is -1.34. The molecule has 0 fully saturated rings. The van der Waals surface area contributed by atoms with Crippen molar-refractivity contribution in [2.24, 2.45) is 0 Å². The van der Waals surface area contributed by atoms with Gasteiger partial charge in [-0.1, -0.05) is 24.0 Å². The molecule has 104 valence electrons. The molecule has 3 nitrogen and oxygen atoms in total. The van der Waals surface area contributed by atoms with Crippen LogP contribution in [-0.4, -0.2) is 55.7 Å². The van der Waals surface area contributed by atoms with E-state index in [1.165, 1.54) is 12.0 Å². The number of hydrogen-bond donors (Lipinski definition) is 1. The van der Waals surface area contributed by atoms with Gasteiger partial charge in [0.2, 0.25) is 0 Å². The molecule has 0 amide bonds. The highest BCUT2D eigenvalue weighted by molar-refractivity contribution is 5.37. The molecule has 0 aliphatic rings. The third kappa shape index (κ3) is 6.97. The molecule has 1 aromatic rings. The van der Waals surface area contributed by atoms with Gasteiger partial charge in [-0.05, 0) is 58.3 Å². The zero-order chi connectivity index (χ0) is 14.1. The minimum Gasteiger partial charge on any atom is -0.384 e. The summed E-state index contributed by atoms with van der Waals surface area (Å²) in [5.41, 5.74) is 2.23. The summed E-state index contributed by atoms with van der Waals surface area (Å²) in [5, 5.41) is 8.70. The van der Waals surface area contributed by atoms with E-state index in [0.717, 1.165) is 25.2 Å². The smallest absolute Gasteiger partial charge is 0.104 e. The third-order valence-electron chi connectivity index (χ3n) is 2.84. The molecule has 0 spiro atoms. The fraction of sp³-hybridized carbons (Fsp3) is 0.500. The van der Waals surface area contributed by atoms with E-state index in [-0.39, 0.29) is 6.61 Å². The highest BCUT2D eigenvalue weighted by atomic mass is 16.2. The Kier molecular flexibility index (Phi) is 7.20. The van der Waals surface area contributed by atoms with Gasteiger partial charge in [0.05, 0.1) is 0 Å². The molecule has 0 radical (unpaired) electrons. The van der Waals surface area contributed by atoms with Crippen LogP contribution < -0.4 is 0 Å². The first-order valence-corrected chi connectivity index (χ1v) is 6.64. The van der Waals surface area contributed by atoms with Crippen LogP contribution in [0.25, 0.3) is 0 Å². The molecule has 0 heterocycles. The Balaban J connectivity index is 2.47. The van der Waals surface area contributed by atoms with Gasteiger partial charge in [-0.3, -0.25) is 0 Å². The molecule has 0 aromatic heterocycles. The van der Waals surface area contributed by atoms with Crippen molar-refractivity contribution in [3.8, 4) is 11.8 Å². The number of hydrogen-bond acceptors (Lipinski definition) is 3. The average Bonchev–Trinajstić information content (AvgIpc) is 2.36. The SMILES string of the molecule is CN(C)CCCN(C)Cc1cccc(C#CCO)c1. The van der Waals surface area contributed by atoms with Crippen molar-refractivity contribution in [3.05, 3.63) is 35.4 Å². The second kappa shape index (κ2) is 8.71. The van der Waals surface area contributed by atoms with Crippen molar-refractivity contribution in [1.29, 1.82) is 0 Å². The van der Waals surface area contributed by atoms with Crippen LogP contribution in [0.4, 0.5) is 0 Å². The normalized spacial score (nSPS) is 10.6. The maximum Gasteiger partial charge on any atom is 0.104 e. The Morgan fingerprint density at radius 2 is 1.95 bits per heavy atom. The minimum absolute atomic E-state index is 0.0886. The number of rotatable bonds is 6. The summed E-state index contributed by atoms with van der Waals surface area (Å²) < 4.78 is 0. The van der Waals surface area contributed by atoms with Crippen molar-refractivity contribution in [2.45, 2.75) is 13.0 Å². The van der Waals surface area contributed by atoms with Crippen molar-refractivity contribution in [2.75, 3.05) is 40.8 Å². The van der Waals surface area contributed by atoms with E-state index in [4.69, 9.17) is 5.11 Å². The summed E-state index contributed by atoms with van der Waals surface area (Å²) in [5.74, 6) is 5.62. The lowest BCUT2D eigenvalue weighted by Crippen LogP contribution is -2.23. The monoisotopic (exact) mass is 260 g/mol. The Morgan fingerprint density at radius 3 is 2.63 bits per heavy atom. The van der Waals surface area contributed by atoms with Crippen molar-refractivity contribution >= 4 is 0 Å². The maximum absolute atomic E-state index is 8.70. The summed E-state index contributed by atoms with van der Waals surface area (Å²) in [6.07, 6.45) is 1.17. The number of benzene rings is 1. The molecular formula is C16H24N2O. The van der Waals surface area contributed by atoms with Crippen LogP contribution in [0.15, 0.2) is 24.3 Å². The van der Waals surface area contributed by atoms with Crippen LogP contribution in [0.5, 0.6) is 0 Å². The summed E-state index contributed by atoms with van der Waals surface area (Å²) in [4.78, 5) is 4.53. The number of aliphatic hydroxyl groups is 1. The van der Waals surface area contributed by atoms with Gasteiger partial charge in [-0.25, -0.2) is 0 Å². The standard InChI is InChI=1S/C16H24N2O/c1-17(2)10-6-11-18(3)14-16-8-4-7-15(13-16)9-5-12-19/h4,7-8,13,19H,6,10-12,14H2,1-3H3. The molecule has 0 aliphatic heterocycles. The van der Waals surface area contributed by atoms with Gasteiger partial charge in [-0.2, -0.15) is 0 Å². The van der Waals surface area contributed by atoms with E-state index in [0.29, 0.717) is 0 Å². The van der Waals surface area contributed by atoms with Crippen molar-refractivity contribution < 1.29 is 5.11 Å². The van der Waals surface area contributed by atoms with E-state index < -0.39 is 0 Å². The van der Waals surface area contributed by atoms with Crippen LogP contribution >= 0.6 is 0 Å². The predicted octanol–water partition coefficient (Wildman–Crippen LogP) is 1.41. The molecule has 0 bridgehead atoms. The van der Waals surface area contributed by atoms with E-state index in [2.05, 4.69) is 54.9 Å². The average molecular weight is 260 g/mol. The highest BCUT2D eigenvalue weighted by Crippen LogP contribution is 2.07. The molecule has 0 aliphatic carbocycles. The lowest BCUT2D eigenvalue weighted by atomic mass is 10.1. The lowest BCUT2D eigenvalue weighted by molar-refractivity contribution is 0.294. The first-order valence-electron chi connectivity index (χ1n) is 6.64. The first kappa shape index (κ1) is 15.7. The van der Waals surface area contributed by atoms with Gasteiger partial charge in [0.1, 0.15) is 6.61 Å². The van der Waals surface area contributed by atoms with Gasteiger partial charge in [0.25, 0.3) is 0 Å². The van der Waals surface area contributed by atoms with Crippen molar-refractivity contribution in [3.63, 3.8) is 0 Å². The molecule has 19 heavy (non-hydrogen) atoms. The largest absolute Gasteiger partial charge is 0.384 e. The summed E-state index contributed by atoms with van der Waals surface area (Å²) in [7, 11) is 6.34. The highest BCUT2D eigenvalue weighted by Gasteiger charge is 2.01. The van der Waals surface area contributed by atoms with E-state index in [1.807, 2.05) is 12.1 Å². The van der Waals surface area contributed by atoms with Gasteiger partial charge in [0.15, 0.2) is 0 Å². The van der Waals surface area contributed by atoms with Gasteiger partial charge in [0, 0.05) is 12.1 Å². The molecule has 0 saturated heterocycles. The summed E-state index contributed by atoms with van der Waals surface area (Å²) in [6, 6.07) is 8.19. The molecular weight excluding hydrogens is 236 g/mol. The number of aliphatic hydroxyl groups excluding tert-OH is 1. The Morgan fingerprint density at radius 1 is 1.16 bits per heavy atom. The minimum atomic E-state index is -0.0886. The molecule has 0 unspecified atom stereocenters. The van der Waals surface area contributed by atoms with E-state index in [1.54, 1.807) is 0 Å². The van der Waals surface area contributed by atoms with E-state index in [9.17, 15) is 0 Å². The van der Waals surface area contributed by atoms with Crippen LogP contribution in [0.1, 0.15) is 17.5 Å². The molecule has 1 N–H and O–H groups in total. The van der Waals surface area contributed by atoms with Gasteiger partial charge in [-0.15, -0.1) is 0 Å². The maximum atomic E-state index is 8.70. The molecule has 1 rings (SSSR count). The van der Waals surface area contributed by atoms with E-state index >= 15 is 0 Å². The first-order chi connectivity index (χ1) is 9.11. The number of nitrogens with zero attached hydrogens (tertiary/aromatic N) is 2. The summed E-state index contributed by atoms with van der Waals surface area (Å²) in [6.45, 7) is 3.05. The third-order valence-corrected chi connectivity index (χ3v) is 2.84. The second-order valence-electron chi connectivity index (χ2n) is 5.05. The van der Waals surface area contributed by atoms with Crippen LogP contribution in [0.2, 0.25) is 0 Å². The summed E-state index contributed by atoms with van der Waals surface area (Å²) >= 11 is 0. The molecule has 1 aromatic carbocycles. The Bertz CT molecular complexity index is 432. The topological polar surface area (TPSA) is 26.7 Å². The molecule has 3 heteroatoms. The zero-order valence-corrected chi connectivity index (χ0v) is 12.2. The van der Waals surface area contributed by atoms with Crippen molar-refractivity contribution in [1.82, 2.24) is 9.80 Å². The Labute approximate surface area is 116 Å². The fourth-order valence-corrected chi connectivity index (χ4v) is 1.94. The van der Waals surface area contributed by atoms with Gasteiger partial charge >= 0.3 is 0 Å². The second-order valence-corrected chi connectivity index (χ2v) is 5.05. The van der Waals surface area contributed by atoms with Gasteiger partial charge < -0.3 is 14.9 Å². The van der Waals surface area contributed by atoms with Crippen LogP contribution in [0, 0.1) is 11.8 Å². The fourth-order valence-electron chi connectivity index (χ4n) is 1.94.